The van der Waals surface area contributed by atoms with Crippen molar-refractivity contribution in [2.75, 3.05) is 4.90 Å². The van der Waals surface area contributed by atoms with Crippen LogP contribution in [0.4, 0.5) is 11.5 Å². The summed E-state index contributed by atoms with van der Waals surface area (Å²) in [5, 5.41) is 25.6. The number of benzene rings is 5. The molecule has 10 nitrogen and oxygen atoms in total. The van der Waals surface area contributed by atoms with E-state index in [0.29, 0.717) is 12.2 Å². The van der Waals surface area contributed by atoms with Gasteiger partial charge in [0.25, 0.3) is 0 Å². The van der Waals surface area contributed by atoms with Gasteiger partial charge in [0.15, 0.2) is 5.82 Å². The largest absolute Gasteiger partial charge is 0.312 e. The van der Waals surface area contributed by atoms with Gasteiger partial charge in [0.1, 0.15) is 5.54 Å². The maximum Gasteiger partial charge on any atom is 0.312 e. The molecule has 5 aromatic carbocycles. The number of tetrazole rings is 1. The zero-order valence-electron chi connectivity index (χ0n) is 29.2. The number of nitro groups is 1. The van der Waals surface area contributed by atoms with Crippen LogP contribution in [0, 0.1) is 10.1 Å². The van der Waals surface area contributed by atoms with Crippen molar-refractivity contribution < 1.29 is 9.72 Å². The Morgan fingerprint density at radius 2 is 1.30 bits per heavy atom. The van der Waals surface area contributed by atoms with Crippen LogP contribution in [0.15, 0.2) is 158 Å². The summed E-state index contributed by atoms with van der Waals surface area (Å²) in [7, 11) is 0. The Balaban J connectivity index is 1.31. The highest BCUT2D eigenvalue weighted by atomic mass is 16.6. The number of carbonyl (C=O) groups is 1. The summed E-state index contributed by atoms with van der Waals surface area (Å²) < 4.78 is 1.92. The molecule has 0 N–H and O–H groups in total. The van der Waals surface area contributed by atoms with E-state index in [1.807, 2.05) is 115 Å². The monoisotopic (exact) mass is 699 g/mol. The molecule has 0 radical (unpaired) electrons. The van der Waals surface area contributed by atoms with Crippen LogP contribution in [0.25, 0.3) is 22.5 Å². The molecule has 0 atom stereocenters. The van der Waals surface area contributed by atoms with Gasteiger partial charge >= 0.3 is 5.69 Å². The van der Waals surface area contributed by atoms with Gasteiger partial charge in [-0.15, -0.1) is 5.10 Å². The average molecular weight is 700 g/mol. The Labute approximate surface area is 307 Å². The van der Waals surface area contributed by atoms with Gasteiger partial charge in [-0.1, -0.05) is 153 Å². The zero-order chi connectivity index (χ0) is 36.6. The van der Waals surface area contributed by atoms with Crippen LogP contribution < -0.4 is 4.90 Å². The highest BCUT2D eigenvalue weighted by molar-refractivity contribution is 5.94. The van der Waals surface area contributed by atoms with E-state index in [-0.39, 0.29) is 30.4 Å². The van der Waals surface area contributed by atoms with Crippen molar-refractivity contribution in [1.82, 2.24) is 25.2 Å². The van der Waals surface area contributed by atoms with E-state index in [9.17, 15) is 14.9 Å². The standard InChI is InChI=1S/C43H37N7O3/c1-2-3-25-40(51)48(42-39(50(52)53)24-15-30-44-42)31-32-26-28-33(29-27-32)37-22-13-14-23-38(37)41-45-46-47-49(41)43(34-16-7-4-8-17-34,35-18-9-5-10-19-35)36-20-11-6-12-21-36/h4-24,26-30H,2-3,25,31H2,1H3. The van der Waals surface area contributed by atoms with E-state index < -0.39 is 10.5 Å². The van der Waals surface area contributed by atoms with Gasteiger partial charge in [0, 0.05) is 24.2 Å². The molecule has 0 aliphatic carbocycles. The summed E-state index contributed by atoms with van der Waals surface area (Å²) in [6.45, 7) is 2.13. The molecule has 0 saturated heterocycles. The molecule has 7 aromatic rings. The molecule has 0 bridgehead atoms. The minimum atomic E-state index is -0.915. The highest BCUT2D eigenvalue weighted by Gasteiger charge is 2.42. The van der Waals surface area contributed by atoms with E-state index >= 15 is 0 Å². The summed E-state index contributed by atoms with van der Waals surface area (Å²) in [6, 6.07) is 49.5. The Bertz CT molecular complexity index is 2220. The van der Waals surface area contributed by atoms with E-state index in [0.717, 1.165) is 45.4 Å². The first-order valence-electron chi connectivity index (χ1n) is 17.6. The van der Waals surface area contributed by atoms with E-state index in [2.05, 4.69) is 51.7 Å². The van der Waals surface area contributed by atoms with E-state index in [1.165, 1.54) is 23.2 Å². The molecule has 0 aliphatic heterocycles. The van der Waals surface area contributed by atoms with Crippen molar-refractivity contribution >= 4 is 17.4 Å². The van der Waals surface area contributed by atoms with Gasteiger partial charge in [-0.05, 0) is 56.3 Å². The molecular weight excluding hydrogens is 663 g/mol. The second-order valence-corrected chi connectivity index (χ2v) is 12.7. The predicted molar refractivity (Wildman–Crippen MR) is 205 cm³/mol. The van der Waals surface area contributed by atoms with Gasteiger partial charge < -0.3 is 0 Å². The van der Waals surface area contributed by atoms with E-state index in [4.69, 9.17) is 5.21 Å². The molecule has 10 heteroatoms. The Morgan fingerprint density at radius 3 is 1.87 bits per heavy atom. The predicted octanol–water partition coefficient (Wildman–Crippen LogP) is 8.87. The third-order valence-electron chi connectivity index (χ3n) is 9.40. The Kier molecular flexibility index (Phi) is 10.2. The molecule has 0 fully saturated rings. The van der Waals surface area contributed by atoms with Crippen molar-refractivity contribution in [1.29, 1.82) is 0 Å². The summed E-state index contributed by atoms with van der Waals surface area (Å²) in [6.07, 6.45) is 3.23. The normalized spacial score (nSPS) is 11.3. The number of aromatic nitrogens is 5. The van der Waals surface area contributed by atoms with Crippen molar-refractivity contribution in [2.24, 2.45) is 0 Å². The first kappa shape index (κ1) is 34.6. The van der Waals surface area contributed by atoms with E-state index in [1.54, 1.807) is 0 Å². The van der Waals surface area contributed by atoms with Gasteiger partial charge in [0.2, 0.25) is 11.7 Å². The number of carbonyl (C=O) groups excluding carboxylic acids is 1. The average Bonchev–Trinajstić information content (AvgIpc) is 3.71. The number of anilines is 1. The third kappa shape index (κ3) is 6.82. The van der Waals surface area contributed by atoms with Crippen molar-refractivity contribution in [3.05, 3.63) is 190 Å². The third-order valence-corrected chi connectivity index (χ3v) is 9.40. The molecule has 262 valence electrons. The lowest BCUT2D eigenvalue weighted by Crippen LogP contribution is -2.39. The van der Waals surface area contributed by atoms with Gasteiger partial charge in [-0.2, -0.15) is 0 Å². The second-order valence-electron chi connectivity index (χ2n) is 12.7. The molecule has 0 unspecified atom stereocenters. The number of nitrogens with zero attached hydrogens (tertiary/aromatic N) is 7. The summed E-state index contributed by atoms with van der Waals surface area (Å²) >= 11 is 0. The lowest BCUT2D eigenvalue weighted by molar-refractivity contribution is -0.384. The van der Waals surface area contributed by atoms with Crippen LogP contribution in [0.5, 0.6) is 0 Å². The number of unbranched alkanes of at least 4 members (excludes halogenated alkanes) is 1. The SMILES string of the molecule is CCCCC(=O)N(Cc1ccc(-c2ccccc2-c2nnnn2C(c2ccccc2)(c2ccccc2)c2ccccc2)cc1)c1ncccc1[N+](=O)[O-]. The summed E-state index contributed by atoms with van der Waals surface area (Å²) in [5.74, 6) is 0.406. The van der Waals surface area contributed by atoms with Crippen molar-refractivity contribution in [3.8, 4) is 22.5 Å². The zero-order valence-corrected chi connectivity index (χ0v) is 29.2. The lowest BCUT2D eigenvalue weighted by Gasteiger charge is -2.36. The number of hydrogen-bond acceptors (Lipinski definition) is 7. The molecule has 0 aliphatic rings. The van der Waals surface area contributed by atoms with Gasteiger partial charge in [-0.25, -0.2) is 9.67 Å². The molecule has 7 rings (SSSR count). The molecule has 0 spiro atoms. The Hall–Kier alpha value is -6.81. The molecule has 1 amide bonds. The molecule has 2 heterocycles. The minimum Gasteiger partial charge on any atom is -0.287 e. The summed E-state index contributed by atoms with van der Waals surface area (Å²) in [5.41, 5.74) is 5.33. The first-order valence-corrected chi connectivity index (χ1v) is 17.6. The molecular formula is C43H37N7O3. The molecule has 0 saturated carbocycles. The Morgan fingerprint density at radius 1 is 0.736 bits per heavy atom. The topological polar surface area (TPSA) is 120 Å². The smallest absolute Gasteiger partial charge is 0.287 e. The van der Waals surface area contributed by atoms with Crippen LogP contribution in [-0.4, -0.2) is 36.0 Å². The van der Waals surface area contributed by atoms with Gasteiger partial charge in [-0.3, -0.25) is 19.8 Å². The minimum absolute atomic E-state index is 0.0404. The van der Waals surface area contributed by atoms with Crippen LogP contribution in [0.2, 0.25) is 0 Å². The van der Waals surface area contributed by atoms with Crippen LogP contribution in [0.1, 0.15) is 48.4 Å². The number of rotatable bonds is 13. The fraction of sp³-hybridized carbons (Fsp3) is 0.140. The van der Waals surface area contributed by atoms with Crippen LogP contribution in [0.3, 0.4) is 0 Å². The highest BCUT2D eigenvalue weighted by Crippen LogP contribution is 2.43. The quantitative estimate of drug-likeness (QED) is 0.0670. The number of pyridine rings is 1. The van der Waals surface area contributed by atoms with Gasteiger partial charge in [0.05, 0.1) is 11.5 Å². The second kappa shape index (κ2) is 15.6. The van der Waals surface area contributed by atoms with Crippen molar-refractivity contribution in [3.63, 3.8) is 0 Å². The van der Waals surface area contributed by atoms with Crippen molar-refractivity contribution in [2.45, 2.75) is 38.3 Å². The first-order chi connectivity index (χ1) is 26.0. The number of amides is 1. The fourth-order valence-electron chi connectivity index (χ4n) is 6.87. The fourth-order valence-corrected chi connectivity index (χ4v) is 6.87. The molecule has 53 heavy (non-hydrogen) atoms. The number of hydrogen-bond donors (Lipinski definition) is 0. The van der Waals surface area contributed by atoms with Crippen LogP contribution in [-0.2, 0) is 16.9 Å². The molecule has 2 aromatic heterocycles. The van der Waals surface area contributed by atoms with Crippen LogP contribution >= 0.6 is 0 Å². The maximum atomic E-state index is 13.4. The lowest BCUT2D eigenvalue weighted by atomic mass is 9.77. The maximum absolute atomic E-state index is 13.4. The summed E-state index contributed by atoms with van der Waals surface area (Å²) in [4.78, 5) is 30.5.